The SMILES string of the molecule is CC(C)(C)CCNC(=O)N1CCN(S(=O)(=O)c2ccccc2F)CC1. The summed E-state index contributed by atoms with van der Waals surface area (Å²) in [6.07, 6.45) is 0.861. The molecule has 0 unspecified atom stereocenters. The van der Waals surface area contributed by atoms with E-state index in [1.807, 2.05) is 0 Å². The van der Waals surface area contributed by atoms with E-state index in [4.69, 9.17) is 0 Å². The molecule has 0 spiro atoms. The van der Waals surface area contributed by atoms with E-state index in [0.29, 0.717) is 6.54 Å². The Morgan fingerprint density at radius 1 is 1.16 bits per heavy atom. The summed E-state index contributed by atoms with van der Waals surface area (Å²) in [4.78, 5) is 13.4. The second kappa shape index (κ2) is 7.70. The number of amides is 2. The molecule has 1 aliphatic heterocycles. The number of halogens is 1. The number of carbonyl (C=O) groups is 1. The second-order valence-corrected chi connectivity index (χ2v) is 9.27. The first kappa shape index (κ1) is 19.7. The maximum absolute atomic E-state index is 13.8. The van der Waals surface area contributed by atoms with Gasteiger partial charge >= 0.3 is 6.03 Å². The van der Waals surface area contributed by atoms with Crippen LogP contribution in [0.4, 0.5) is 9.18 Å². The first-order valence-corrected chi connectivity index (χ1v) is 9.83. The average molecular weight is 371 g/mol. The van der Waals surface area contributed by atoms with Crippen LogP contribution in [0.3, 0.4) is 0 Å². The number of benzene rings is 1. The van der Waals surface area contributed by atoms with Gasteiger partial charge in [-0.3, -0.25) is 0 Å². The third-order valence-electron chi connectivity index (χ3n) is 4.13. The minimum absolute atomic E-state index is 0.139. The summed E-state index contributed by atoms with van der Waals surface area (Å²) in [5.74, 6) is -0.759. The van der Waals surface area contributed by atoms with E-state index < -0.39 is 15.8 Å². The van der Waals surface area contributed by atoms with Crippen LogP contribution in [0.15, 0.2) is 29.2 Å². The third-order valence-corrected chi connectivity index (χ3v) is 6.06. The second-order valence-electron chi connectivity index (χ2n) is 7.36. The number of hydrogen-bond donors (Lipinski definition) is 1. The summed E-state index contributed by atoms with van der Waals surface area (Å²) in [5.41, 5.74) is 0.139. The Morgan fingerprint density at radius 3 is 2.32 bits per heavy atom. The number of rotatable bonds is 4. The van der Waals surface area contributed by atoms with Crippen LogP contribution in [0.1, 0.15) is 27.2 Å². The van der Waals surface area contributed by atoms with Crippen LogP contribution in [-0.4, -0.2) is 56.4 Å². The zero-order valence-corrected chi connectivity index (χ0v) is 15.8. The van der Waals surface area contributed by atoms with Gasteiger partial charge in [0.2, 0.25) is 10.0 Å². The van der Waals surface area contributed by atoms with Gasteiger partial charge in [-0.2, -0.15) is 4.31 Å². The Bertz CT molecular complexity index is 708. The first-order valence-electron chi connectivity index (χ1n) is 8.39. The average Bonchev–Trinajstić information content (AvgIpc) is 2.54. The summed E-state index contributed by atoms with van der Waals surface area (Å²) in [5, 5.41) is 2.86. The predicted octanol–water partition coefficient (Wildman–Crippen LogP) is 2.28. The fraction of sp³-hybridized carbons (Fsp3) is 0.588. The molecule has 0 atom stereocenters. The number of hydrogen-bond acceptors (Lipinski definition) is 3. The molecule has 0 bridgehead atoms. The number of carbonyl (C=O) groups excluding carboxylic acids is 1. The maximum atomic E-state index is 13.8. The summed E-state index contributed by atoms with van der Waals surface area (Å²) < 4.78 is 40.1. The number of sulfonamides is 1. The lowest BCUT2D eigenvalue weighted by molar-refractivity contribution is 0.171. The van der Waals surface area contributed by atoms with Crippen molar-refractivity contribution in [3.05, 3.63) is 30.1 Å². The Labute approximate surface area is 149 Å². The van der Waals surface area contributed by atoms with Crippen molar-refractivity contribution in [2.75, 3.05) is 32.7 Å². The van der Waals surface area contributed by atoms with Crippen LogP contribution in [0, 0.1) is 11.2 Å². The first-order chi connectivity index (χ1) is 11.6. The molecular formula is C17H26FN3O3S. The van der Waals surface area contributed by atoms with Crippen LogP contribution in [0.2, 0.25) is 0 Å². The molecule has 1 N–H and O–H groups in total. The molecule has 140 valence electrons. The van der Waals surface area contributed by atoms with E-state index >= 15 is 0 Å². The van der Waals surface area contributed by atoms with Gasteiger partial charge in [0.05, 0.1) is 0 Å². The summed E-state index contributed by atoms with van der Waals surface area (Å²) >= 11 is 0. The molecule has 2 rings (SSSR count). The van der Waals surface area contributed by atoms with Crippen molar-refractivity contribution in [1.82, 2.24) is 14.5 Å². The number of urea groups is 1. The van der Waals surface area contributed by atoms with E-state index in [1.54, 1.807) is 4.90 Å². The van der Waals surface area contributed by atoms with E-state index in [0.717, 1.165) is 12.5 Å². The third kappa shape index (κ3) is 5.15. The Kier molecular flexibility index (Phi) is 6.05. The quantitative estimate of drug-likeness (QED) is 0.883. The van der Waals surface area contributed by atoms with Crippen molar-refractivity contribution in [3.8, 4) is 0 Å². The van der Waals surface area contributed by atoms with Crippen LogP contribution < -0.4 is 5.32 Å². The highest BCUT2D eigenvalue weighted by atomic mass is 32.2. The molecule has 1 aromatic rings. The predicted molar refractivity (Wildman–Crippen MR) is 94.2 cm³/mol. The Morgan fingerprint density at radius 2 is 1.76 bits per heavy atom. The van der Waals surface area contributed by atoms with Gasteiger partial charge in [0.1, 0.15) is 10.7 Å². The van der Waals surface area contributed by atoms with Gasteiger partial charge in [0.25, 0.3) is 0 Å². The Hall–Kier alpha value is -1.67. The topological polar surface area (TPSA) is 69.7 Å². The lowest BCUT2D eigenvalue weighted by Crippen LogP contribution is -2.53. The van der Waals surface area contributed by atoms with Crippen LogP contribution in [0.5, 0.6) is 0 Å². The molecule has 6 nitrogen and oxygen atoms in total. The van der Waals surface area contributed by atoms with Gasteiger partial charge in [0.15, 0.2) is 0 Å². The molecule has 1 heterocycles. The van der Waals surface area contributed by atoms with Gasteiger partial charge in [-0.15, -0.1) is 0 Å². The number of nitrogens with one attached hydrogen (secondary N) is 1. The van der Waals surface area contributed by atoms with E-state index in [9.17, 15) is 17.6 Å². The zero-order chi connectivity index (χ0) is 18.7. The molecule has 1 aliphatic rings. The van der Waals surface area contributed by atoms with E-state index in [-0.39, 0.29) is 42.5 Å². The van der Waals surface area contributed by atoms with Crippen molar-refractivity contribution >= 4 is 16.1 Å². The smallest absolute Gasteiger partial charge is 0.317 e. The van der Waals surface area contributed by atoms with Crippen molar-refractivity contribution in [3.63, 3.8) is 0 Å². The van der Waals surface area contributed by atoms with Crippen LogP contribution in [-0.2, 0) is 10.0 Å². The molecule has 8 heteroatoms. The summed E-state index contributed by atoms with van der Waals surface area (Å²) in [7, 11) is -3.88. The maximum Gasteiger partial charge on any atom is 0.317 e. The minimum Gasteiger partial charge on any atom is -0.338 e. The zero-order valence-electron chi connectivity index (χ0n) is 15.0. The fourth-order valence-electron chi connectivity index (χ4n) is 2.58. The highest BCUT2D eigenvalue weighted by Crippen LogP contribution is 2.20. The van der Waals surface area contributed by atoms with Gasteiger partial charge < -0.3 is 10.2 Å². The van der Waals surface area contributed by atoms with Crippen molar-refractivity contribution in [2.45, 2.75) is 32.1 Å². The molecule has 1 aromatic carbocycles. The normalized spacial score (nSPS) is 16.7. The molecule has 1 fully saturated rings. The highest BCUT2D eigenvalue weighted by molar-refractivity contribution is 7.89. The number of piperazine rings is 1. The van der Waals surface area contributed by atoms with Crippen molar-refractivity contribution in [2.24, 2.45) is 5.41 Å². The highest BCUT2D eigenvalue weighted by Gasteiger charge is 2.31. The molecule has 0 aromatic heterocycles. The number of nitrogens with zero attached hydrogens (tertiary/aromatic N) is 2. The molecule has 0 aliphatic carbocycles. The molecule has 0 saturated carbocycles. The molecule has 25 heavy (non-hydrogen) atoms. The van der Waals surface area contributed by atoms with Crippen LogP contribution in [0.25, 0.3) is 0 Å². The lowest BCUT2D eigenvalue weighted by Gasteiger charge is -2.34. The lowest BCUT2D eigenvalue weighted by atomic mass is 9.92. The standard InChI is InChI=1S/C17H26FN3O3S/c1-17(2,3)8-9-19-16(22)20-10-12-21(13-11-20)25(23,24)15-7-5-4-6-14(15)18/h4-7H,8-13H2,1-3H3,(H,19,22). The van der Waals surface area contributed by atoms with Crippen LogP contribution >= 0.6 is 0 Å². The van der Waals surface area contributed by atoms with Gasteiger partial charge in [0, 0.05) is 32.7 Å². The van der Waals surface area contributed by atoms with Gasteiger partial charge in [-0.1, -0.05) is 32.9 Å². The van der Waals surface area contributed by atoms with E-state index in [2.05, 4.69) is 26.1 Å². The molecule has 0 radical (unpaired) electrons. The largest absolute Gasteiger partial charge is 0.338 e. The van der Waals surface area contributed by atoms with E-state index in [1.165, 1.54) is 22.5 Å². The Balaban J connectivity index is 1.91. The summed E-state index contributed by atoms with van der Waals surface area (Å²) in [6.45, 7) is 7.77. The fourth-order valence-corrected chi connectivity index (χ4v) is 4.07. The monoisotopic (exact) mass is 371 g/mol. The minimum atomic E-state index is -3.88. The molecule has 1 saturated heterocycles. The van der Waals surface area contributed by atoms with Crippen molar-refractivity contribution < 1.29 is 17.6 Å². The van der Waals surface area contributed by atoms with Crippen molar-refractivity contribution in [1.29, 1.82) is 0 Å². The molecular weight excluding hydrogens is 345 g/mol. The van der Waals surface area contributed by atoms with Gasteiger partial charge in [-0.25, -0.2) is 17.6 Å². The molecule has 2 amide bonds. The summed E-state index contributed by atoms with van der Waals surface area (Å²) in [6, 6.07) is 5.15. The van der Waals surface area contributed by atoms with Gasteiger partial charge in [-0.05, 0) is 24.0 Å².